The van der Waals surface area contributed by atoms with Crippen LogP contribution in [0.5, 0.6) is 0 Å². The van der Waals surface area contributed by atoms with Crippen molar-refractivity contribution in [1.29, 1.82) is 0 Å². The van der Waals surface area contributed by atoms with E-state index in [1.54, 1.807) is 6.92 Å². The molecule has 23 heavy (non-hydrogen) atoms. The van der Waals surface area contributed by atoms with Crippen LogP contribution in [-0.2, 0) is 20.4 Å². The minimum atomic E-state index is -3.53. The maximum absolute atomic E-state index is 14.7. The number of hydrogen-bond donors (Lipinski definition) is 2. The Balaban J connectivity index is 2.75. The van der Waals surface area contributed by atoms with E-state index in [9.17, 15) is 17.6 Å². The molecule has 2 N–H and O–H groups in total. The number of nitrogens with one attached hydrogen (secondary N) is 2. The zero-order valence-electron chi connectivity index (χ0n) is 13.7. The number of ether oxygens (including phenoxy) is 1. The van der Waals surface area contributed by atoms with Gasteiger partial charge in [-0.25, -0.2) is 22.3 Å². The molecule has 130 valence electrons. The van der Waals surface area contributed by atoms with E-state index in [0.29, 0.717) is 11.3 Å². The third-order valence-electron chi connectivity index (χ3n) is 3.23. The SMILES string of the molecule is CCOC(=O)Nc1ccc(C(C)(F)CNS(=O)(=O)C(C)C)cc1. The van der Waals surface area contributed by atoms with E-state index in [2.05, 4.69) is 10.0 Å². The average Bonchev–Trinajstić information content (AvgIpc) is 2.46. The van der Waals surface area contributed by atoms with E-state index in [-0.39, 0.29) is 13.2 Å². The smallest absolute Gasteiger partial charge is 0.411 e. The number of carbonyl (C=O) groups is 1. The van der Waals surface area contributed by atoms with Gasteiger partial charge in [0.2, 0.25) is 10.0 Å². The molecule has 1 unspecified atom stereocenters. The topological polar surface area (TPSA) is 84.5 Å². The number of halogens is 1. The van der Waals surface area contributed by atoms with Crippen molar-refractivity contribution in [2.24, 2.45) is 0 Å². The van der Waals surface area contributed by atoms with Gasteiger partial charge in [0.25, 0.3) is 0 Å². The van der Waals surface area contributed by atoms with Crippen molar-refractivity contribution >= 4 is 21.8 Å². The molecule has 0 aliphatic carbocycles. The zero-order valence-corrected chi connectivity index (χ0v) is 14.5. The Labute approximate surface area is 136 Å². The van der Waals surface area contributed by atoms with Crippen LogP contribution < -0.4 is 10.0 Å². The molecule has 1 aromatic rings. The lowest BCUT2D eigenvalue weighted by Gasteiger charge is -2.22. The standard InChI is InChI=1S/C15H23FN2O4S/c1-5-22-14(19)18-13-8-6-12(7-9-13)15(4,16)10-17-23(20,21)11(2)3/h6-9,11,17H,5,10H2,1-4H3,(H,18,19). The Bertz CT molecular complexity index is 627. The summed E-state index contributed by atoms with van der Waals surface area (Å²) in [6.07, 6.45) is -0.590. The Morgan fingerprint density at radius 3 is 2.35 bits per heavy atom. The first-order valence-corrected chi connectivity index (χ1v) is 8.85. The molecular weight excluding hydrogens is 323 g/mol. The molecule has 0 spiro atoms. The van der Waals surface area contributed by atoms with Crippen molar-refractivity contribution in [3.63, 3.8) is 0 Å². The Hall–Kier alpha value is -1.67. The molecule has 0 fully saturated rings. The fourth-order valence-electron chi connectivity index (χ4n) is 1.69. The van der Waals surface area contributed by atoms with Gasteiger partial charge in [0.1, 0.15) is 5.67 Å². The van der Waals surface area contributed by atoms with Gasteiger partial charge in [-0.1, -0.05) is 12.1 Å². The first-order chi connectivity index (χ1) is 10.6. The molecule has 0 aromatic heterocycles. The molecule has 0 heterocycles. The van der Waals surface area contributed by atoms with E-state index >= 15 is 0 Å². The molecule has 8 heteroatoms. The molecule has 6 nitrogen and oxygen atoms in total. The molecule has 0 aliphatic heterocycles. The van der Waals surface area contributed by atoms with E-state index in [4.69, 9.17) is 4.74 Å². The molecule has 1 aromatic carbocycles. The van der Waals surface area contributed by atoms with Crippen molar-refractivity contribution in [3.8, 4) is 0 Å². The highest BCUT2D eigenvalue weighted by Gasteiger charge is 2.28. The molecule has 0 saturated carbocycles. The van der Waals surface area contributed by atoms with Crippen LogP contribution in [0.1, 0.15) is 33.3 Å². The number of hydrogen-bond acceptors (Lipinski definition) is 4. The molecule has 1 atom stereocenters. The average molecular weight is 346 g/mol. The van der Waals surface area contributed by atoms with Gasteiger partial charge in [-0.2, -0.15) is 0 Å². The molecule has 0 bridgehead atoms. The van der Waals surface area contributed by atoms with Gasteiger partial charge in [-0.3, -0.25) is 5.32 Å². The van der Waals surface area contributed by atoms with Crippen molar-refractivity contribution in [1.82, 2.24) is 4.72 Å². The van der Waals surface area contributed by atoms with Gasteiger partial charge in [-0.15, -0.1) is 0 Å². The predicted molar refractivity (Wildman–Crippen MR) is 87.6 cm³/mol. The lowest BCUT2D eigenvalue weighted by molar-refractivity contribution is 0.168. The summed E-state index contributed by atoms with van der Waals surface area (Å²) >= 11 is 0. The van der Waals surface area contributed by atoms with Gasteiger partial charge in [0.15, 0.2) is 0 Å². The first kappa shape index (κ1) is 19.4. The van der Waals surface area contributed by atoms with Gasteiger partial charge in [0, 0.05) is 12.2 Å². The van der Waals surface area contributed by atoms with Crippen molar-refractivity contribution in [3.05, 3.63) is 29.8 Å². The quantitative estimate of drug-likeness (QED) is 0.795. The zero-order chi connectivity index (χ0) is 17.7. The second-order valence-corrected chi connectivity index (χ2v) is 7.86. The fraction of sp³-hybridized carbons (Fsp3) is 0.533. The summed E-state index contributed by atoms with van der Waals surface area (Å²) in [4.78, 5) is 11.3. The van der Waals surface area contributed by atoms with Gasteiger partial charge in [0.05, 0.1) is 11.9 Å². The molecule has 0 radical (unpaired) electrons. The van der Waals surface area contributed by atoms with Crippen LogP contribution in [0.2, 0.25) is 0 Å². The predicted octanol–water partition coefficient (Wildman–Crippen LogP) is 2.77. The Morgan fingerprint density at radius 2 is 1.87 bits per heavy atom. The maximum atomic E-state index is 14.7. The van der Waals surface area contributed by atoms with Gasteiger partial charge >= 0.3 is 6.09 Å². The van der Waals surface area contributed by atoms with Gasteiger partial charge < -0.3 is 4.74 Å². The summed E-state index contributed by atoms with van der Waals surface area (Å²) in [6, 6.07) is 6.04. The van der Waals surface area contributed by atoms with Crippen LogP contribution in [0.3, 0.4) is 0 Å². The molecule has 1 rings (SSSR count). The number of benzene rings is 1. The number of carbonyl (C=O) groups excluding carboxylic acids is 1. The summed E-state index contributed by atoms with van der Waals surface area (Å²) in [5.74, 6) is 0. The number of rotatable bonds is 7. The summed E-state index contributed by atoms with van der Waals surface area (Å²) in [5, 5.41) is 1.87. The summed E-state index contributed by atoms with van der Waals surface area (Å²) in [6.45, 7) is 5.92. The Morgan fingerprint density at radius 1 is 1.30 bits per heavy atom. The van der Waals surface area contributed by atoms with Crippen LogP contribution in [0.25, 0.3) is 0 Å². The fourth-order valence-corrected chi connectivity index (χ4v) is 2.50. The highest BCUT2D eigenvalue weighted by molar-refractivity contribution is 7.90. The largest absolute Gasteiger partial charge is 0.450 e. The highest BCUT2D eigenvalue weighted by Crippen LogP contribution is 2.26. The van der Waals surface area contributed by atoms with Crippen molar-refractivity contribution < 1.29 is 22.3 Å². The second kappa shape index (κ2) is 7.74. The summed E-state index contributed by atoms with van der Waals surface area (Å²) in [7, 11) is -3.53. The van der Waals surface area contributed by atoms with Crippen molar-refractivity contribution in [2.45, 2.75) is 38.6 Å². The monoisotopic (exact) mass is 346 g/mol. The van der Waals surface area contributed by atoms with Crippen LogP contribution in [0.4, 0.5) is 14.9 Å². The lowest BCUT2D eigenvalue weighted by atomic mass is 9.98. The second-order valence-electron chi connectivity index (χ2n) is 5.54. The maximum Gasteiger partial charge on any atom is 0.411 e. The van der Waals surface area contributed by atoms with Crippen molar-refractivity contribution in [2.75, 3.05) is 18.5 Å². The minimum absolute atomic E-state index is 0.252. The van der Waals surface area contributed by atoms with E-state index in [0.717, 1.165) is 0 Å². The third-order valence-corrected chi connectivity index (χ3v) is 5.02. The number of alkyl halides is 1. The normalized spacial score (nSPS) is 14.3. The number of sulfonamides is 1. The van der Waals surface area contributed by atoms with Gasteiger partial charge in [-0.05, 0) is 45.4 Å². The third kappa shape index (κ3) is 5.80. The summed E-state index contributed by atoms with van der Waals surface area (Å²) < 4.78 is 45.1. The highest BCUT2D eigenvalue weighted by atomic mass is 32.2. The molecular formula is C15H23FN2O4S. The number of amides is 1. The van der Waals surface area contributed by atoms with E-state index < -0.39 is 27.0 Å². The van der Waals surface area contributed by atoms with E-state index in [1.165, 1.54) is 45.0 Å². The van der Waals surface area contributed by atoms with Crippen LogP contribution >= 0.6 is 0 Å². The molecule has 0 aliphatic rings. The summed E-state index contributed by atoms with van der Waals surface area (Å²) in [5.41, 5.74) is -1.10. The van der Waals surface area contributed by atoms with Crippen LogP contribution in [0, 0.1) is 0 Å². The van der Waals surface area contributed by atoms with E-state index in [1.807, 2.05) is 0 Å². The minimum Gasteiger partial charge on any atom is -0.450 e. The Kier molecular flexibility index (Phi) is 6.52. The molecule has 1 amide bonds. The lowest BCUT2D eigenvalue weighted by Crippen LogP contribution is -2.39. The first-order valence-electron chi connectivity index (χ1n) is 7.30. The number of anilines is 1. The molecule has 0 saturated heterocycles. The van der Waals surface area contributed by atoms with Crippen LogP contribution in [-0.4, -0.2) is 32.9 Å². The van der Waals surface area contributed by atoms with Crippen LogP contribution in [0.15, 0.2) is 24.3 Å².